The summed E-state index contributed by atoms with van der Waals surface area (Å²) in [5, 5.41) is 37.1. The average Bonchev–Trinajstić information content (AvgIpc) is 3.42. The van der Waals surface area contributed by atoms with Crippen molar-refractivity contribution in [1.29, 1.82) is 0 Å². The van der Waals surface area contributed by atoms with E-state index in [0.717, 1.165) is 0 Å². The van der Waals surface area contributed by atoms with E-state index in [1.165, 1.54) is 16.0 Å². The first-order valence-corrected chi connectivity index (χ1v) is 8.60. The Labute approximate surface area is 156 Å². The van der Waals surface area contributed by atoms with Gasteiger partial charge in [0, 0.05) is 18.3 Å². The Kier molecular flexibility index (Phi) is 2.96. The summed E-state index contributed by atoms with van der Waals surface area (Å²) in [6.45, 7) is 0. The Balaban J connectivity index is 1.41. The lowest BCUT2D eigenvalue weighted by molar-refractivity contribution is -0.144. The summed E-state index contributed by atoms with van der Waals surface area (Å²) in [4.78, 5) is 52.4. The lowest BCUT2D eigenvalue weighted by Crippen LogP contribution is -2.38. The quantitative estimate of drug-likeness (QED) is 0.367. The van der Waals surface area contributed by atoms with Crippen molar-refractivity contribution < 1.29 is 39.6 Å². The minimum atomic E-state index is -1.10. The lowest BCUT2D eigenvalue weighted by atomic mass is 9.88. The molecule has 28 heavy (non-hydrogen) atoms. The van der Waals surface area contributed by atoms with Gasteiger partial charge in [0.1, 0.15) is 24.2 Å². The third-order valence-electron chi connectivity index (χ3n) is 6.54. The van der Waals surface area contributed by atoms with Crippen LogP contribution in [0.1, 0.15) is 11.3 Å². The maximum absolute atomic E-state index is 11.3. The fourth-order valence-electron chi connectivity index (χ4n) is 5.18. The van der Waals surface area contributed by atoms with Crippen molar-refractivity contribution in [2.75, 3.05) is 0 Å². The van der Waals surface area contributed by atoms with Crippen molar-refractivity contribution in [3.8, 4) is 0 Å². The first kappa shape index (κ1) is 17.1. The van der Waals surface area contributed by atoms with Gasteiger partial charge in [-0.25, -0.2) is 0 Å². The van der Waals surface area contributed by atoms with Gasteiger partial charge in [0.2, 0.25) is 0 Å². The van der Waals surface area contributed by atoms with Gasteiger partial charge in [-0.05, 0) is 18.1 Å². The number of hydrogen-bond donors (Lipinski definition) is 4. The van der Waals surface area contributed by atoms with Crippen LogP contribution in [0.2, 0.25) is 0 Å². The zero-order valence-corrected chi connectivity index (χ0v) is 14.2. The number of aromatic nitrogens is 1. The highest BCUT2D eigenvalue weighted by Gasteiger charge is 2.91. The Bertz CT molecular complexity index is 856. The fraction of sp³-hybridized carbons (Fsp3) is 0.471. The van der Waals surface area contributed by atoms with E-state index < -0.39 is 59.1 Å². The highest BCUT2D eigenvalue weighted by atomic mass is 16.4. The third-order valence-corrected chi connectivity index (χ3v) is 6.54. The molecule has 4 saturated heterocycles. The second kappa shape index (κ2) is 4.86. The number of carbonyl (C=O) groups is 4. The maximum Gasteiger partial charge on any atom is 0.323 e. The molecule has 1 aromatic heterocycles. The van der Waals surface area contributed by atoms with Crippen LogP contribution >= 0.6 is 0 Å². The molecular weight excluding hydrogens is 374 g/mol. The van der Waals surface area contributed by atoms with Gasteiger partial charge in [0.25, 0.3) is 0 Å². The number of hydrogen-bond acceptors (Lipinski definition) is 7. The Morgan fingerprint density at radius 3 is 1.68 bits per heavy atom. The van der Waals surface area contributed by atoms with Crippen LogP contribution < -0.4 is 0 Å². The minimum absolute atomic E-state index is 0.0999. The van der Waals surface area contributed by atoms with Crippen LogP contribution in [0.3, 0.4) is 0 Å². The molecule has 4 N–H and O–H groups in total. The number of nitrogens with zero attached hydrogens (tertiary/aromatic N) is 3. The standard InChI is InChI=1S/C17H15N3O8/c21-12(22)8-16(9(13(23)24)19(8)16)4-6-2-1-3-18-7(6)5-17-10(14(25)26)20(17)11(17)15(27)28/h1-3,8-11H,4-5H2,(H,21,22)(H,23,24)(H,25,26)(H,27,28). The molecule has 11 nitrogen and oxygen atoms in total. The number of aliphatic carboxylic acids is 4. The highest BCUT2D eigenvalue weighted by Crippen LogP contribution is 2.67. The van der Waals surface area contributed by atoms with Crippen LogP contribution in [0.15, 0.2) is 18.3 Å². The molecular formula is C17H15N3O8. The minimum Gasteiger partial charge on any atom is -0.480 e. The zero-order chi connectivity index (χ0) is 20.2. The van der Waals surface area contributed by atoms with Crippen LogP contribution in [-0.4, -0.2) is 94.3 Å². The largest absolute Gasteiger partial charge is 0.480 e. The topological polar surface area (TPSA) is 168 Å². The molecule has 4 aliphatic rings. The van der Waals surface area contributed by atoms with Crippen molar-refractivity contribution in [2.24, 2.45) is 0 Å². The van der Waals surface area contributed by atoms with Gasteiger partial charge in [0.05, 0.1) is 11.1 Å². The molecule has 4 unspecified atom stereocenters. The van der Waals surface area contributed by atoms with Crippen LogP contribution in [0, 0.1) is 0 Å². The molecule has 0 aliphatic carbocycles. The van der Waals surface area contributed by atoms with Gasteiger partial charge in [0.15, 0.2) is 0 Å². The van der Waals surface area contributed by atoms with E-state index in [0.29, 0.717) is 11.3 Å². The van der Waals surface area contributed by atoms with E-state index in [2.05, 4.69) is 4.98 Å². The van der Waals surface area contributed by atoms with E-state index in [-0.39, 0.29) is 12.8 Å². The Morgan fingerprint density at radius 1 is 0.821 bits per heavy atom. The molecule has 4 fully saturated rings. The normalized spacial score (nSPS) is 43.3. The molecule has 0 saturated carbocycles. The summed E-state index contributed by atoms with van der Waals surface area (Å²) in [6, 6.07) is -0.152. The van der Waals surface area contributed by atoms with Crippen LogP contribution in [-0.2, 0) is 32.0 Å². The average molecular weight is 389 g/mol. The summed E-state index contributed by atoms with van der Waals surface area (Å²) < 4.78 is 0. The van der Waals surface area contributed by atoms with Crippen LogP contribution in [0.5, 0.6) is 0 Å². The second-order valence-electron chi connectivity index (χ2n) is 7.72. The summed E-state index contributed by atoms with van der Waals surface area (Å²) in [5.41, 5.74) is -0.912. The van der Waals surface area contributed by atoms with Gasteiger partial charge >= 0.3 is 23.9 Å². The van der Waals surface area contributed by atoms with Crippen molar-refractivity contribution in [1.82, 2.24) is 14.8 Å². The summed E-state index contributed by atoms with van der Waals surface area (Å²) in [6.07, 6.45) is 1.74. The van der Waals surface area contributed by atoms with Crippen LogP contribution in [0.4, 0.5) is 0 Å². The van der Waals surface area contributed by atoms with E-state index in [1.54, 1.807) is 12.1 Å². The number of rotatable bonds is 8. The van der Waals surface area contributed by atoms with Gasteiger partial charge in [-0.2, -0.15) is 0 Å². The summed E-state index contributed by atoms with van der Waals surface area (Å²) >= 11 is 0. The Hall–Kier alpha value is -3.05. The number of pyridine rings is 1. The molecule has 0 amide bonds. The van der Waals surface area contributed by atoms with E-state index in [4.69, 9.17) is 0 Å². The molecule has 5 rings (SSSR count). The van der Waals surface area contributed by atoms with Crippen molar-refractivity contribution >= 4 is 23.9 Å². The molecule has 0 aromatic carbocycles. The number of carboxylic acids is 4. The Morgan fingerprint density at radius 2 is 1.25 bits per heavy atom. The molecule has 1 aromatic rings. The van der Waals surface area contributed by atoms with Crippen molar-refractivity contribution in [3.63, 3.8) is 0 Å². The summed E-state index contributed by atoms with van der Waals surface area (Å²) in [5.74, 6) is -4.37. The molecule has 4 atom stereocenters. The van der Waals surface area contributed by atoms with Crippen molar-refractivity contribution in [2.45, 2.75) is 48.1 Å². The molecule has 11 heteroatoms. The fourth-order valence-corrected chi connectivity index (χ4v) is 5.18. The van der Waals surface area contributed by atoms with Gasteiger partial charge in [-0.15, -0.1) is 0 Å². The first-order chi connectivity index (χ1) is 13.2. The number of carboxylic acid groups (broad SMARTS) is 4. The molecule has 5 heterocycles. The van der Waals surface area contributed by atoms with Crippen LogP contribution in [0.25, 0.3) is 0 Å². The highest BCUT2D eigenvalue weighted by molar-refractivity contribution is 5.95. The van der Waals surface area contributed by atoms with E-state index in [9.17, 15) is 39.6 Å². The van der Waals surface area contributed by atoms with Gasteiger partial charge in [-0.1, -0.05) is 6.07 Å². The predicted octanol–water partition coefficient (Wildman–Crippen LogP) is -1.88. The second-order valence-corrected chi connectivity index (χ2v) is 7.72. The predicted molar refractivity (Wildman–Crippen MR) is 86.5 cm³/mol. The SMILES string of the molecule is O=C(O)C1N2C(C(=O)O)C12Cc1cccnc1CC12C(C(=O)O)N1C2C(=O)O. The van der Waals surface area contributed by atoms with Gasteiger partial charge < -0.3 is 20.4 Å². The lowest BCUT2D eigenvalue weighted by Gasteiger charge is -2.15. The zero-order valence-electron chi connectivity index (χ0n) is 14.2. The number of fused-ring (bicyclic) bond motifs is 2. The first-order valence-electron chi connectivity index (χ1n) is 8.60. The molecule has 0 spiro atoms. The molecule has 0 bridgehead atoms. The summed E-state index contributed by atoms with van der Waals surface area (Å²) in [7, 11) is 0. The van der Waals surface area contributed by atoms with Crippen molar-refractivity contribution in [3.05, 3.63) is 29.6 Å². The molecule has 0 radical (unpaired) electrons. The maximum atomic E-state index is 11.3. The van der Waals surface area contributed by atoms with E-state index in [1.807, 2.05) is 0 Å². The third kappa shape index (κ3) is 1.82. The van der Waals surface area contributed by atoms with E-state index >= 15 is 0 Å². The molecule has 4 aliphatic heterocycles. The van der Waals surface area contributed by atoms with Gasteiger partial charge in [-0.3, -0.25) is 34.0 Å². The molecule has 146 valence electrons. The monoisotopic (exact) mass is 389 g/mol. The smallest absolute Gasteiger partial charge is 0.323 e.